The number of aliphatic hydroxyl groups is 1. The van der Waals surface area contributed by atoms with Crippen molar-refractivity contribution < 1.29 is 22.5 Å². The van der Waals surface area contributed by atoms with Crippen molar-refractivity contribution in [1.82, 2.24) is 15.3 Å². The van der Waals surface area contributed by atoms with E-state index in [0.717, 1.165) is 29.0 Å². The van der Waals surface area contributed by atoms with E-state index in [1.807, 2.05) is 30.0 Å². The van der Waals surface area contributed by atoms with E-state index < -0.39 is 22.3 Å². The molecular weight excluding hydrogens is 550 g/mol. The predicted octanol–water partition coefficient (Wildman–Crippen LogP) is 2.37. The van der Waals surface area contributed by atoms with Gasteiger partial charge in [-0.05, 0) is 54.7 Å². The number of hydrogen-bond acceptors (Lipinski definition) is 10. The highest BCUT2D eigenvalue weighted by atomic mass is 35.5. The maximum atomic E-state index is 13.7. The standard InChI is InChI=1S/C25H28ClN5O5S2/c1-14-18(23-19-8-17(26)3-2-15(19)4-6-29-23)9-22(37-14)24(33)20-10-28-13-30-25(20)31-7-5-16(21(32)11-31)12-36-38(27,34)35/h2-3,8-10,13,16,21,23,29,32H,4-7,11-12H2,1H3,(H2,27,34,35)/t16-,21+,23+/m1/s1. The van der Waals surface area contributed by atoms with Crippen molar-refractivity contribution in [1.29, 1.82) is 0 Å². The lowest BCUT2D eigenvalue weighted by Gasteiger charge is -2.36. The van der Waals surface area contributed by atoms with Gasteiger partial charge in [-0.3, -0.25) is 8.98 Å². The number of anilines is 1. The van der Waals surface area contributed by atoms with E-state index >= 15 is 0 Å². The Balaban J connectivity index is 1.38. The van der Waals surface area contributed by atoms with E-state index in [2.05, 4.69) is 25.5 Å². The second-order valence-electron chi connectivity index (χ2n) is 9.53. The summed E-state index contributed by atoms with van der Waals surface area (Å²) in [6.07, 6.45) is 3.33. The Labute approximate surface area is 230 Å². The monoisotopic (exact) mass is 577 g/mol. The number of aromatic nitrogens is 2. The molecule has 3 aromatic rings. The molecule has 1 saturated heterocycles. The van der Waals surface area contributed by atoms with Crippen LogP contribution in [0, 0.1) is 12.8 Å². The summed E-state index contributed by atoms with van der Waals surface area (Å²) in [4.78, 5) is 25.6. The molecule has 5 rings (SSSR count). The largest absolute Gasteiger partial charge is 0.391 e. The Hall–Kier alpha value is -2.45. The Kier molecular flexibility index (Phi) is 7.83. The van der Waals surface area contributed by atoms with E-state index in [1.165, 1.54) is 29.4 Å². The molecule has 0 bridgehead atoms. The molecule has 2 aliphatic rings. The molecule has 0 amide bonds. The Bertz CT molecular complexity index is 1460. The Morgan fingerprint density at radius 1 is 1.34 bits per heavy atom. The molecule has 1 aromatic carbocycles. The molecule has 0 spiro atoms. The van der Waals surface area contributed by atoms with Crippen LogP contribution in [0.3, 0.4) is 0 Å². The number of β-amino-alcohol motifs (C(OH)–C–C–N with tert-alkyl or cyclic N) is 1. The number of carbonyl (C=O) groups is 1. The number of hydrogen-bond donors (Lipinski definition) is 3. The zero-order valence-corrected chi connectivity index (χ0v) is 23.0. The fraction of sp³-hybridized carbons (Fsp3) is 0.400. The van der Waals surface area contributed by atoms with Gasteiger partial charge in [-0.1, -0.05) is 17.7 Å². The van der Waals surface area contributed by atoms with Crippen LogP contribution in [-0.2, 0) is 20.9 Å². The zero-order valence-electron chi connectivity index (χ0n) is 20.6. The number of thiophene rings is 1. The number of carbonyl (C=O) groups excluding carboxylic acids is 1. The van der Waals surface area contributed by atoms with Crippen LogP contribution >= 0.6 is 22.9 Å². The summed E-state index contributed by atoms with van der Waals surface area (Å²) in [6, 6.07) is 7.82. The van der Waals surface area contributed by atoms with Crippen molar-refractivity contribution in [3.05, 3.63) is 73.8 Å². The lowest BCUT2D eigenvalue weighted by molar-refractivity contribution is 0.0632. The molecule has 0 saturated carbocycles. The molecule has 0 radical (unpaired) electrons. The maximum absolute atomic E-state index is 13.7. The first-order valence-corrected chi connectivity index (χ1v) is 14.8. The summed E-state index contributed by atoms with van der Waals surface area (Å²) in [5.41, 5.74) is 3.74. The van der Waals surface area contributed by atoms with Crippen LogP contribution in [0.5, 0.6) is 0 Å². The number of aryl methyl sites for hydroxylation is 1. The summed E-state index contributed by atoms with van der Waals surface area (Å²) < 4.78 is 26.9. The molecule has 0 aliphatic carbocycles. The van der Waals surface area contributed by atoms with E-state index in [1.54, 1.807) is 0 Å². The summed E-state index contributed by atoms with van der Waals surface area (Å²) in [7, 11) is -4.09. The molecule has 0 unspecified atom stereocenters. The van der Waals surface area contributed by atoms with Crippen molar-refractivity contribution in [2.75, 3.05) is 31.1 Å². The van der Waals surface area contributed by atoms with E-state index in [-0.39, 0.29) is 25.0 Å². The molecule has 1 fully saturated rings. The van der Waals surface area contributed by atoms with Gasteiger partial charge in [0, 0.05) is 41.6 Å². The van der Waals surface area contributed by atoms with Crippen molar-refractivity contribution in [2.24, 2.45) is 11.1 Å². The van der Waals surface area contributed by atoms with E-state index in [9.17, 15) is 18.3 Å². The highest BCUT2D eigenvalue weighted by molar-refractivity contribution is 7.84. The third-order valence-electron chi connectivity index (χ3n) is 7.06. The van der Waals surface area contributed by atoms with E-state index in [4.69, 9.17) is 16.7 Å². The molecule has 2 aliphatic heterocycles. The predicted molar refractivity (Wildman–Crippen MR) is 145 cm³/mol. The number of nitrogens with zero attached hydrogens (tertiary/aromatic N) is 3. The molecule has 4 heterocycles. The number of benzene rings is 1. The lowest BCUT2D eigenvalue weighted by Crippen LogP contribution is -2.46. The molecule has 3 atom stereocenters. The van der Waals surface area contributed by atoms with E-state index in [0.29, 0.717) is 34.2 Å². The van der Waals surface area contributed by atoms with Gasteiger partial charge in [0.1, 0.15) is 12.1 Å². The summed E-state index contributed by atoms with van der Waals surface area (Å²) in [6.45, 7) is 3.24. The number of ketones is 1. The minimum absolute atomic E-state index is 0.0597. The SMILES string of the molecule is Cc1sc(C(=O)c2cncnc2N2CC[C@H](COS(N)(=O)=O)[C@@H](O)C2)cc1[C@@H]1NCCc2ccc(Cl)cc21. The molecule has 38 heavy (non-hydrogen) atoms. The second kappa shape index (κ2) is 11.0. The van der Waals surface area contributed by atoms with Gasteiger partial charge in [0.25, 0.3) is 0 Å². The van der Waals surface area contributed by atoms with Crippen LogP contribution in [-0.4, -0.2) is 61.6 Å². The first-order valence-electron chi connectivity index (χ1n) is 12.2. The molecule has 2 aromatic heterocycles. The number of fused-ring (bicyclic) bond motifs is 1. The number of halogens is 1. The number of nitrogens with one attached hydrogen (secondary N) is 1. The number of aliphatic hydroxyl groups excluding tert-OH is 1. The molecule has 13 heteroatoms. The van der Waals surface area contributed by atoms with Gasteiger partial charge >= 0.3 is 10.3 Å². The van der Waals surface area contributed by atoms with Gasteiger partial charge in [0.15, 0.2) is 0 Å². The second-order valence-corrected chi connectivity index (χ2v) is 12.4. The van der Waals surface area contributed by atoms with Gasteiger partial charge in [-0.25, -0.2) is 15.1 Å². The lowest BCUT2D eigenvalue weighted by atomic mass is 9.90. The average molecular weight is 578 g/mol. The summed E-state index contributed by atoms with van der Waals surface area (Å²) >= 11 is 7.72. The van der Waals surface area contributed by atoms with Gasteiger partial charge in [0.2, 0.25) is 5.78 Å². The highest BCUT2D eigenvalue weighted by Crippen LogP contribution is 2.37. The normalized spacial score (nSPS) is 21.8. The highest BCUT2D eigenvalue weighted by Gasteiger charge is 2.32. The first kappa shape index (κ1) is 27.1. The Morgan fingerprint density at radius 2 is 2.16 bits per heavy atom. The van der Waals surface area contributed by atoms with Crippen LogP contribution in [0.4, 0.5) is 5.82 Å². The molecule has 10 nitrogen and oxygen atoms in total. The smallest absolute Gasteiger partial charge is 0.333 e. The van der Waals surface area contributed by atoms with Gasteiger partial charge in [-0.15, -0.1) is 11.3 Å². The third-order valence-corrected chi connectivity index (χ3v) is 8.82. The fourth-order valence-corrected chi connectivity index (χ4v) is 6.67. The zero-order chi connectivity index (χ0) is 27.0. The van der Waals surface area contributed by atoms with Crippen LogP contribution in [0.15, 0.2) is 36.8 Å². The maximum Gasteiger partial charge on any atom is 0.333 e. The third kappa shape index (κ3) is 5.76. The Morgan fingerprint density at radius 3 is 2.92 bits per heavy atom. The van der Waals surface area contributed by atoms with Crippen LogP contribution in [0.25, 0.3) is 0 Å². The van der Waals surface area contributed by atoms with Crippen molar-refractivity contribution in [2.45, 2.75) is 31.9 Å². The minimum atomic E-state index is -4.09. The van der Waals surface area contributed by atoms with Crippen LogP contribution in [0.2, 0.25) is 5.02 Å². The quantitative estimate of drug-likeness (QED) is 0.360. The number of rotatable bonds is 7. The number of piperidine rings is 1. The summed E-state index contributed by atoms with van der Waals surface area (Å²) in [5, 5.41) is 19.8. The average Bonchev–Trinajstić information content (AvgIpc) is 3.27. The van der Waals surface area contributed by atoms with Crippen molar-refractivity contribution in [3.63, 3.8) is 0 Å². The summed E-state index contributed by atoms with van der Waals surface area (Å²) in [5.74, 6) is -0.181. The topological polar surface area (TPSA) is 148 Å². The minimum Gasteiger partial charge on any atom is -0.391 e. The van der Waals surface area contributed by atoms with Crippen LogP contribution < -0.4 is 15.4 Å². The molecule has 202 valence electrons. The van der Waals surface area contributed by atoms with Gasteiger partial charge in [0.05, 0.1) is 29.2 Å². The van der Waals surface area contributed by atoms with Gasteiger partial charge < -0.3 is 15.3 Å². The number of nitrogens with two attached hydrogens (primary N) is 1. The molecule has 4 N–H and O–H groups in total. The van der Waals surface area contributed by atoms with Crippen LogP contribution in [0.1, 0.15) is 49.3 Å². The first-order chi connectivity index (χ1) is 18.1. The van der Waals surface area contributed by atoms with Crippen molar-refractivity contribution in [3.8, 4) is 0 Å². The van der Waals surface area contributed by atoms with Gasteiger partial charge in [-0.2, -0.15) is 8.42 Å². The van der Waals surface area contributed by atoms with Crippen molar-refractivity contribution >= 4 is 44.8 Å². The molecular formula is C25H28ClN5O5S2. The fourth-order valence-electron chi connectivity index (χ4n) is 5.11.